The second kappa shape index (κ2) is 18.6. The number of allylic oxidation sites excluding steroid dienone is 1. The van der Waals surface area contributed by atoms with Gasteiger partial charge in [-0.2, -0.15) is 5.26 Å². The number of likely N-dealkylation sites (tertiary alicyclic amines) is 1. The van der Waals surface area contributed by atoms with E-state index in [4.69, 9.17) is 24.2 Å². The van der Waals surface area contributed by atoms with Crippen molar-refractivity contribution in [2.24, 2.45) is 17.3 Å². The number of ketones is 1. The van der Waals surface area contributed by atoms with Gasteiger partial charge in [0.2, 0.25) is 13.3 Å². The third-order valence-corrected chi connectivity index (χ3v) is 16.4. The molecule has 3 fully saturated rings. The van der Waals surface area contributed by atoms with Crippen molar-refractivity contribution in [1.29, 1.82) is 5.26 Å². The largest absolute Gasteiger partial charge is 0.497 e. The van der Waals surface area contributed by atoms with E-state index in [9.17, 15) is 24.3 Å². The minimum atomic E-state index is -4.06. The van der Waals surface area contributed by atoms with Crippen LogP contribution in [0.25, 0.3) is 22.3 Å². The number of aromatic nitrogens is 2. The molecule has 15 heteroatoms. The number of nitrogens with one attached hydrogen (secondary N) is 1. The molecule has 7 rings (SSSR count). The first-order chi connectivity index (χ1) is 29.9. The van der Waals surface area contributed by atoms with Crippen molar-refractivity contribution in [2.75, 3.05) is 19.0 Å². The first kappa shape index (κ1) is 45.9. The summed E-state index contributed by atoms with van der Waals surface area (Å²) in [5, 5.41) is 14.7. The van der Waals surface area contributed by atoms with Crippen molar-refractivity contribution in [3.63, 3.8) is 0 Å². The number of hydrogen-bond donors (Lipinski definition) is 2. The highest BCUT2D eigenvalue weighted by atomic mass is 32.1. The molecule has 13 nitrogen and oxygen atoms in total. The Hall–Kier alpha value is -5.09. The maximum atomic E-state index is 15.0. The molecule has 1 saturated heterocycles. The van der Waals surface area contributed by atoms with Crippen LogP contribution in [0.5, 0.6) is 11.5 Å². The number of ether oxygens (including phenoxy) is 3. The van der Waals surface area contributed by atoms with Crippen LogP contribution in [0.15, 0.2) is 66.6 Å². The normalized spacial score (nSPS) is 22.6. The third kappa shape index (κ3) is 10.2. The fraction of sp³-hybridized carbons (Fsp3) is 0.500. The molecule has 2 aromatic carbocycles. The van der Waals surface area contributed by atoms with E-state index in [-0.39, 0.29) is 61.7 Å². The summed E-state index contributed by atoms with van der Waals surface area (Å²) in [6.07, 6.45) is 4.19. The molecule has 0 spiro atoms. The number of rotatable bonds is 17. The number of hydrogen-bond acceptors (Lipinski definition) is 12. The molecule has 334 valence electrons. The van der Waals surface area contributed by atoms with Gasteiger partial charge in [-0.05, 0) is 87.1 Å². The average molecular weight is 896 g/mol. The van der Waals surface area contributed by atoms with Crippen LogP contribution in [0.2, 0.25) is 0 Å². The van der Waals surface area contributed by atoms with E-state index < -0.39 is 42.0 Å². The van der Waals surface area contributed by atoms with Crippen molar-refractivity contribution in [2.45, 2.75) is 122 Å². The predicted octanol–water partition coefficient (Wildman–Crippen LogP) is 9.32. The summed E-state index contributed by atoms with van der Waals surface area (Å²) in [6.45, 7) is 13.7. The number of nitriles is 1. The number of methoxy groups -OCH3 is 1. The first-order valence-corrected chi connectivity index (χ1v) is 24.5. The standard InChI is InChI=1S/C48H58N5O8PS/c1-8-32-23-48(32,62(57,58)27-31-15-13-30(25-49)14-16-31)24-42(54)41-20-35(26-53(41)45(56)37(47(4,5)6)21-44(55)61-33-11-9-10-12-33)60-43-22-39(40-28-63-46(52-40)50-29(2)3)51-38-19-34(59-7)17-18-36(38)43/h8,13-19,22,28-29,32-33,35,37,41H,1,9-12,20-21,23-24,26-27H2,2-7H3,(H,50,52)(H,57,58)/t32-,35-,37-,41+,48-/m1/s1. The second-order valence-corrected chi connectivity index (χ2v) is 22.2. The number of benzene rings is 2. The quantitative estimate of drug-likeness (QED) is 0.0583. The van der Waals surface area contributed by atoms with Crippen LogP contribution >= 0.6 is 18.7 Å². The van der Waals surface area contributed by atoms with Gasteiger partial charge in [0.25, 0.3) is 0 Å². The number of Topliss-reactive ketones (excluding diaryl/α,β-unsaturated/α-hetero) is 1. The van der Waals surface area contributed by atoms with Crippen molar-refractivity contribution in [3.05, 3.63) is 77.7 Å². The molecular weight excluding hydrogens is 838 g/mol. The summed E-state index contributed by atoms with van der Waals surface area (Å²) in [6, 6.07) is 15.1. The van der Waals surface area contributed by atoms with Gasteiger partial charge in [-0.3, -0.25) is 18.9 Å². The molecule has 0 radical (unpaired) electrons. The summed E-state index contributed by atoms with van der Waals surface area (Å²) in [5.74, 6) is -1.30. The van der Waals surface area contributed by atoms with Crippen molar-refractivity contribution in [3.8, 4) is 29.0 Å². The molecule has 2 aromatic heterocycles. The summed E-state index contributed by atoms with van der Waals surface area (Å²) in [4.78, 5) is 66.4. The van der Waals surface area contributed by atoms with Crippen LogP contribution in [0, 0.1) is 28.6 Å². The minimum Gasteiger partial charge on any atom is -0.497 e. The summed E-state index contributed by atoms with van der Waals surface area (Å²) < 4.78 is 32.7. The molecule has 1 aliphatic heterocycles. The lowest BCUT2D eigenvalue weighted by Crippen LogP contribution is -2.48. The van der Waals surface area contributed by atoms with Gasteiger partial charge in [0, 0.05) is 41.8 Å². The fourth-order valence-electron chi connectivity index (χ4n) is 9.08. The summed E-state index contributed by atoms with van der Waals surface area (Å²) in [7, 11) is -2.48. The Morgan fingerprint density at radius 1 is 1.10 bits per heavy atom. The van der Waals surface area contributed by atoms with Crippen molar-refractivity contribution < 1.29 is 38.1 Å². The minimum absolute atomic E-state index is 0.0356. The third-order valence-electron chi connectivity index (χ3n) is 12.7. The van der Waals surface area contributed by atoms with E-state index >= 15 is 4.79 Å². The molecule has 3 aliphatic rings. The topological polar surface area (TPSA) is 181 Å². The zero-order valence-corrected chi connectivity index (χ0v) is 38.7. The Labute approximate surface area is 373 Å². The van der Waals surface area contributed by atoms with Gasteiger partial charge in [-0.15, -0.1) is 17.9 Å². The Bertz CT molecular complexity index is 2450. The van der Waals surface area contributed by atoms with Crippen LogP contribution in [-0.4, -0.2) is 80.5 Å². The maximum absolute atomic E-state index is 15.0. The number of thiazole rings is 1. The molecule has 3 heterocycles. The number of esters is 1. The van der Waals surface area contributed by atoms with Gasteiger partial charge in [0.15, 0.2) is 10.9 Å². The monoisotopic (exact) mass is 895 g/mol. The highest BCUT2D eigenvalue weighted by molar-refractivity contribution is 7.59. The number of fused-ring (bicyclic) bond motifs is 1. The van der Waals surface area contributed by atoms with Crippen LogP contribution < -0.4 is 14.8 Å². The van der Waals surface area contributed by atoms with Gasteiger partial charge in [-0.1, -0.05) is 39.0 Å². The first-order valence-electron chi connectivity index (χ1n) is 21.8. The average Bonchev–Trinajstić information content (AvgIpc) is 3.63. The van der Waals surface area contributed by atoms with Crippen LogP contribution in [0.3, 0.4) is 0 Å². The Kier molecular flexibility index (Phi) is 13.5. The van der Waals surface area contributed by atoms with E-state index in [0.29, 0.717) is 51.3 Å². The number of carbonyl (C=O) groups is 3. The van der Waals surface area contributed by atoms with Gasteiger partial charge in [0.05, 0.1) is 66.2 Å². The lowest BCUT2D eigenvalue weighted by atomic mass is 9.77. The lowest BCUT2D eigenvalue weighted by molar-refractivity contribution is -0.156. The van der Waals surface area contributed by atoms with Gasteiger partial charge >= 0.3 is 5.97 Å². The summed E-state index contributed by atoms with van der Waals surface area (Å²) in [5.41, 5.74) is 2.15. The fourth-order valence-corrected chi connectivity index (χ4v) is 12.5. The molecular formula is C48H58N5O8PS. The van der Waals surface area contributed by atoms with Gasteiger partial charge in [0.1, 0.15) is 29.4 Å². The maximum Gasteiger partial charge on any atom is 0.306 e. The zero-order chi connectivity index (χ0) is 45.3. The number of anilines is 1. The Morgan fingerprint density at radius 2 is 1.83 bits per heavy atom. The van der Waals surface area contributed by atoms with Crippen molar-refractivity contribution >= 4 is 52.4 Å². The Balaban J connectivity index is 1.22. The van der Waals surface area contributed by atoms with Crippen molar-refractivity contribution in [1.82, 2.24) is 14.9 Å². The molecule has 1 amide bonds. The van der Waals surface area contributed by atoms with E-state index in [1.807, 2.05) is 64.3 Å². The molecule has 2 aliphatic carbocycles. The molecule has 2 saturated carbocycles. The smallest absolute Gasteiger partial charge is 0.306 e. The number of pyridine rings is 1. The molecule has 1 unspecified atom stereocenters. The number of amides is 1. The van der Waals surface area contributed by atoms with Gasteiger partial charge < -0.3 is 29.3 Å². The van der Waals surface area contributed by atoms with E-state index in [1.54, 1.807) is 37.5 Å². The highest BCUT2D eigenvalue weighted by Gasteiger charge is 2.65. The van der Waals surface area contributed by atoms with E-state index in [1.165, 1.54) is 16.2 Å². The van der Waals surface area contributed by atoms with Crippen LogP contribution in [0.1, 0.15) is 97.1 Å². The van der Waals surface area contributed by atoms with Gasteiger partial charge in [-0.25, -0.2) is 9.97 Å². The Morgan fingerprint density at radius 3 is 2.46 bits per heavy atom. The van der Waals surface area contributed by atoms with Crippen LogP contribution in [0.4, 0.5) is 5.13 Å². The number of carbonyl (C=O) groups excluding carboxylic acids is 3. The predicted molar refractivity (Wildman–Crippen MR) is 244 cm³/mol. The highest BCUT2D eigenvalue weighted by Crippen LogP contribution is 2.74. The number of nitrogens with zero attached hydrogens (tertiary/aromatic N) is 4. The summed E-state index contributed by atoms with van der Waals surface area (Å²) >= 11 is 1.47. The zero-order valence-electron chi connectivity index (χ0n) is 37.0. The molecule has 4 aromatic rings. The molecule has 2 N–H and O–H groups in total. The second-order valence-electron chi connectivity index (χ2n) is 18.7. The van der Waals surface area contributed by atoms with E-state index in [0.717, 1.165) is 30.8 Å². The molecule has 0 bridgehead atoms. The molecule has 6 atom stereocenters. The lowest BCUT2D eigenvalue weighted by Gasteiger charge is -2.35. The van der Waals surface area contributed by atoms with E-state index in [2.05, 4.69) is 18.0 Å². The SMILES string of the molecule is C=C[C@@H]1C[C@]1(CC(=O)[C@@H]1C[C@@H](Oc2cc(-c3csc(NC(C)C)n3)nc3cc(OC)ccc23)CN1C(=O)[C@@H](CC(=O)OC1CCCC1)C(C)(C)C)P(=O)(O)Cc1ccc(C#N)cc1. The molecule has 63 heavy (non-hydrogen) atoms. The van der Waals surface area contributed by atoms with Crippen LogP contribution in [-0.2, 0) is 29.8 Å².